The number of hydrogen-bond donors (Lipinski definition) is 1. The average molecular weight is 261 g/mol. The predicted molar refractivity (Wildman–Crippen MR) is 77.8 cm³/mol. The maximum absolute atomic E-state index is 5.66. The smallest absolute Gasteiger partial charge is 0.119 e. The molecule has 0 spiro atoms. The molecule has 1 aromatic carbocycles. The van der Waals surface area contributed by atoms with Gasteiger partial charge in [-0.1, -0.05) is 12.2 Å². The van der Waals surface area contributed by atoms with Gasteiger partial charge in [-0.25, -0.2) is 0 Å². The van der Waals surface area contributed by atoms with Crippen molar-refractivity contribution in [1.29, 1.82) is 0 Å². The standard InChI is InChI=1S/C16H23NO2/c1-18-15-7-9-16(10-8-15)19-12-11-17-13-14-5-3-2-4-6-14/h2-3,7-10,14,17H,4-6,11-13H2,1H3. The highest BCUT2D eigenvalue weighted by Crippen LogP contribution is 2.17. The Bertz CT molecular complexity index is 386. The second-order valence-electron chi connectivity index (χ2n) is 4.88. The summed E-state index contributed by atoms with van der Waals surface area (Å²) in [5, 5.41) is 3.46. The van der Waals surface area contributed by atoms with E-state index in [0.29, 0.717) is 6.61 Å². The van der Waals surface area contributed by atoms with Crippen molar-refractivity contribution in [1.82, 2.24) is 5.32 Å². The lowest BCUT2D eigenvalue weighted by Gasteiger charge is -2.18. The summed E-state index contributed by atoms with van der Waals surface area (Å²) in [4.78, 5) is 0. The average Bonchev–Trinajstić information content (AvgIpc) is 2.49. The van der Waals surface area contributed by atoms with Gasteiger partial charge in [0.2, 0.25) is 0 Å². The van der Waals surface area contributed by atoms with Crippen LogP contribution in [0.25, 0.3) is 0 Å². The van der Waals surface area contributed by atoms with Crippen LogP contribution < -0.4 is 14.8 Å². The molecule has 1 aliphatic carbocycles. The van der Waals surface area contributed by atoms with Gasteiger partial charge in [-0.05, 0) is 56.0 Å². The number of hydrogen-bond acceptors (Lipinski definition) is 3. The van der Waals surface area contributed by atoms with E-state index in [1.165, 1.54) is 19.3 Å². The summed E-state index contributed by atoms with van der Waals surface area (Å²) in [6, 6.07) is 7.70. The first-order valence-corrected chi connectivity index (χ1v) is 7.01. The molecule has 0 amide bonds. The van der Waals surface area contributed by atoms with Gasteiger partial charge in [-0.15, -0.1) is 0 Å². The lowest BCUT2D eigenvalue weighted by Crippen LogP contribution is -2.27. The van der Waals surface area contributed by atoms with Crippen LogP contribution in [-0.4, -0.2) is 26.8 Å². The van der Waals surface area contributed by atoms with Crippen molar-refractivity contribution in [3.05, 3.63) is 36.4 Å². The SMILES string of the molecule is COc1ccc(OCCNCC2CC=CCC2)cc1. The van der Waals surface area contributed by atoms with E-state index in [0.717, 1.165) is 30.5 Å². The Balaban J connectivity index is 1.57. The van der Waals surface area contributed by atoms with Crippen LogP contribution in [0.5, 0.6) is 11.5 Å². The molecule has 1 aromatic rings. The van der Waals surface area contributed by atoms with E-state index in [9.17, 15) is 0 Å². The van der Waals surface area contributed by atoms with Gasteiger partial charge in [0.1, 0.15) is 18.1 Å². The first kappa shape index (κ1) is 13.9. The molecule has 3 nitrogen and oxygen atoms in total. The fourth-order valence-corrected chi connectivity index (χ4v) is 2.26. The van der Waals surface area contributed by atoms with Gasteiger partial charge < -0.3 is 14.8 Å². The Kier molecular flexibility index (Phi) is 5.76. The first-order valence-electron chi connectivity index (χ1n) is 7.01. The number of rotatable bonds is 7. The number of benzene rings is 1. The van der Waals surface area contributed by atoms with Crippen molar-refractivity contribution >= 4 is 0 Å². The molecule has 0 saturated heterocycles. The summed E-state index contributed by atoms with van der Waals surface area (Å²) in [5.74, 6) is 2.55. The van der Waals surface area contributed by atoms with Crippen molar-refractivity contribution in [3.63, 3.8) is 0 Å². The molecule has 1 unspecified atom stereocenters. The molecule has 1 N–H and O–H groups in total. The largest absolute Gasteiger partial charge is 0.497 e. The summed E-state index contributed by atoms with van der Waals surface area (Å²) in [7, 11) is 1.67. The molecule has 0 heterocycles. The van der Waals surface area contributed by atoms with E-state index in [-0.39, 0.29) is 0 Å². The first-order chi connectivity index (χ1) is 9.38. The molecule has 0 radical (unpaired) electrons. The van der Waals surface area contributed by atoms with Crippen molar-refractivity contribution < 1.29 is 9.47 Å². The quantitative estimate of drug-likeness (QED) is 0.604. The third kappa shape index (κ3) is 4.95. The van der Waals surface area contributed by atoms with E-state index in [1.807, 2.05) is 24.3 Å². The van der Waals surface area contributed by atoms with E-state index in [4.69, 9.17) is 9.47 Å². The van der Waals surface area contributed by atoms with Gasteiger partial charge in [0.25, 0.3) is 0 Å². The van der Waals surface area contributed by atoms with Crippen molar-refractivity contribution in [2.45, 2.75) is 19.3 Å². The predicted octanol–water partition coefficient (Wildman–Crippen LogP) is 3.02. The van der Waals surface area contributed by atoms with Gasteiger partial charge in [-0.3, -0.25) is 0 Å². The molecule has 0 fully saturated rings. The Morgan fingerprint density at radius 3 is 2.63 bits per heavy atom. The fourth-order valence-electron chi connectivity index (χ4n) is 2.26. The normalized spacial score (nSPS) is 18.3. The third-order valence-corrected chi connectivity index (χ3v) is 3.42. The van der Waals surface area contributed by atoms with E-state index in [2.05, 4.69) is 17.5 Å². The number of allylic oxidation sites excluding steroid dienone is 2. The van der Waals surface area contributed by atoms with Crippen LogP contribution in [0, 0.1) is 5.92 Å². The zero-order valence-electron chi connectivity index (χ0n) is 11.6. The molecule has 3 heteroatoms. The summed E-state index contributed by atoms with van der Waals surface area (Å²) in [6.45, 7) is 2.69. The molecule has 104 valence electrons. The number of nitrogens with one attached hydrogen (secondary N) is 1. The topological polar surface area (TPSA) is 30.5 Å². The molecular formula is C16H23NO2. The number of methoxy groups -OCH3 is 1. The second-order valence-corrected chi connectivity index (χ2v) is 4.88. The van der Waals surface area contributed by atoms with Crippen LogP contribution in [-0.2, 0) is 0 Å². The van der Waals surface area contributed by atoms with Crippen LogP contribution >= 0.6 is 0 Å². The number of ether oxygens (including phenoxy) is 2. The lowest BCUT2D eigenvalue weighted by molar-refractivity contribution is 0.306. The maximum Gasteiger partial charge on any atom is 0.119 e. The summed E-state index contributed by atoms with van der Waals surface area (Å²) in [5.41, 5.74) is 0. The summed E-state index contributed by atoms with van der Waals surface area (Å²) in [6.07, 6.45) is 8.33. The van der Waals surface area contributed by atoms with Crippen LogP contribution in [0.2, 0.25) is 0 Å². The maximum atomic E-state index is 5.66. The third-order valence-electron chi connectivity index (χ3n) is 3.42. The Hall–Kier alpha value is -1.48. The van der Waals surface area contributed by atoms with Crippen molar-refractivity contribution in [2.24, 2.45) is 5.92 Å². The molecule has 0 aliphatic heterocycles. The van der Waals surface area contributed by atoms with Gasteiger partial charge in [0.05, 0.1) is 7.11 Å². The highest BCUT2D eigenvalue weighted by atomic mass is 16.5. The molecular weight excluding hydrogens is 238 g/mol. The molecule has 1 atom stereocenters. The Labute approximate surface area is 115 Å². The minimum absolute atomic E-state index is 0.703. The van der Waals surface area contributed by atoms with E-state index >= 15 is 0 Å². The Morgan fingerprint density at radius 2 is 1.95 bits per heavy atom. The second kappa shape index (κ2) is 7.85. The monoisotopic (exact) mass is 261 g/mol. The van der Waals surface area contributed by atoms with Crippen LogP contribution in [0.1, 0.15) is 19.3 Å². The zero-order valence-corrected chi connectivity index (χ0v) is 11.6. The Morgan fingerprint density at radius 1 is 1.16 bits per heavy atom. The molecule has 0 saturated carbocycles. The zero-order chi connectivity index (χ0) is 13.3. The van der Waals surface area contributed by atoms with E-state index < -0.39 is 0 Å². The minimum atomic E-state index is 0.703. The summed E-state index contributed by atoms with van der Waals surface area (Å²) >= 11 is 0. The molecule has 0 aromatic heterocycles. The molecule has 0 bridgehead atoms. The summed E-state index contributed by atoms with van der Waals surface area (Å²) < 4.78 is 10.8. The van der Waals surface area contributed by atoms with Gasteiger partial charge in [-0.2, -0.15) is 0 Å². The fraction of sp³-hybridized carbons (Fsp3) is 0.500. The molecule has 2 rings (SSSR count). The highest BCUT2D eigenvalue weighted by molar-refractivity contribution is 5.31. The van der Waals surface area contributed by atoms with Crippen LogP contribution in [0.4, 0.5) is 0 Å². The van der Waals surface area contributed by atoms with Crippen molar-refractivity contribution in [3.8, 4) is 11.5 Å². The van der Waals surface area contributed by atoms with Crippen LogP contribution in [0.15, 0.2) is 36.4 Å². The van der Waals surface area contributed by atoms with Crippen LogP contribution in [0.3, 0.4) is 0 Å². The highest BCUT2D eigenvalue weighted by Gasteiger charge is 2.08. The lowest BCUT2D eigenvalue weighted by atomic mass is 9.94. The van der Waals surface area contributed by atoms with Gasteiger partial charge in [0, 0.05) is 6.54 Å². The molecule has 1 aliphatic rings. The van der Waals surface area contributed by atoms with E-state index in [1.54, 1.807) is 7.11 Å². The molecule has 19 heavy (non-hydrogen) atoms. The van der Waals surface area contributed by atoms with Crippen molar-refractivity contribution in [2.75, 3.05) is 26.8 Å². The minimum Gasteiger partial charge on any atom is -0.497 e. The van der Waals surface area contributed by atoms with Gasteiger partial charge in [0.15, 0.2) is 0 Å². The van der Waals surface area contributed by atoms with Gasteiger partial charge >= 0.3 is 0 Å².